The highest BCUT2D eigenvalue weighted by atomic mass is 32.2. The van der Waals surface area contributed by atoms with Gasteiger partial charge < -0.3 is 10.6 Å². The number of pyridine rings is 1. The van der Waals surface area contributed by atoms with E-state index in [2.05, 4.69) is 15.6 Å². The molecule has 0 aliphatic heterocycles. The molecule has 1 aliphatic rings. The molecule has 0 atom stereocenters. The number of nitrogens with zero attached hydrogens (tertiary/aromatic N) is 2. The lowest BCUT2D eigenvalue weighted by Gasteiger charge is -2.31. The van der Waals surface area contributed by atoms with Gasteiger partial charge in [0.2, 0.25) is 10.0 Å². The number of carbonyl (C=O) groups is 1. The third kappa shape index (κ3) is 5.51. The van der Waals surface area contributed by atoms with Crippen LogP contribution in [-0.2, 0) is 16.6 Å². The smallest absolute Gasteiger partial charge is 0.319 e. The number of aromatic nitrogens is 1. The van der Waals surface area contributed by atoms with Gasteiger partial charge in [0, 0.05) is 37.7 Å². The Morgan fingerprint density at radius 3 is 2.48 bits per heavy atom. The highest BCUT2D eigenvalue weighted by Crippen LogP contribution is 2.28. The van der Waals surface area contributed by atoms with Crippen LogP contribution >= 0.6 is 0 Å². The van der Waals surface area contributed by atoms with Crippen LogP contribution in [0.5, 0.6) is 0 Å². The number of hydrogen-bond donors (Lipinski definition) is 2. The molecule has 0 saturated heterocycles. The van der Waals surface area contributed by atoms with Crippen molar-refractivity contribution < 1.29 is 17.6 Å². The zero-order valence-corrected chi connectivity index (χ0v) is 17.0. The van der Waals surface area contributed by atoms with Gasteiger partial charge in [-0.05, 0) is 61.6 Å². The predicted octanol–water partition coefficient (Wildman–Crippen LogP) is 3.30. The van der Waals surface area contributed by atoms with Gasteiger partial charge >= 0.3 is 6.03 Å². The molecule has 0 spiro atoms. The Morgan fingerprint density at radius 1 is 1.17 bits per heavy atom. The van der Waals surface area contributed by atoms with Crippen LogP contribution in [0.2, 0.25) is 0 Å². The summed E-state index contributed by atoms with van der Waals surface area (Å²) in [5.41, 5.74) is 1.35. The Labute approximate surface area is 170 Å². The third-order valence-electron chi connectivity index (χ3n) is 5.11. The Hall–Kier alpha value is -2.52. The molecule has 156 valence electrons. The first-order valence-corrected chi connectivity index (χ1v) is 11.0. The minimum atomic E-state index is -3.67. The zero-order valence-electron chi connectivity index (χ0n) is 16.2. The van der Waals surface area contributed by atoms with Crippen molar-refractivity contribution >= 4 is 21.7 Å². The van der Waals surface area contributed by atoms with E-state index in [-0.39, 0.29) is 10.9 Å². The second-order valence-corrected chi connectivity index (χ2v) is 9.12. The summed E-state index contributed by atoms with van der Waals surface area (Å²) >= 11 is 0. The number of carbonyl (C=O) groups excluding carboxylic acids is 1. The number of halogens is 1. The van der Waals surface area contributed by atoms with Crippen molar-refractivity contribution in [2.24, 2.45) is 0 Å². The monoisotopic (exact) mass is 420 g/mol. The molecule has 3 rings (SSSR count). The summed E-state index contributed by atoms with van der Waals surface area (Å²) < 4.78 is 40.3. The number of hydrogen-bond acceptors (Lipinski definition) is 4. The van der Waals surface area contributed by atoms with Crippen molar-refractivity contribution in [3.8, 4) is 0 Å². The first-order chi connectivity index (χ1) is 13.9. The van der Waals surface area contributed by atoms with Crippen LogP contribution in [0.25, 0.3) is 0 Å². The van der Waals surface area contributed by atoms with Gasteiger partial charge in [-0.15, -0.1) is 0 Å². The number of nitrogens with one attached hydrogen (secondary N) is 2. The van der Waals surface area contributed by atoms with E-state index in [9.17, 15) is 17.6 Å². The molecule has 2 N–H and O–H groups in total. The van der Waals surface area contributed by atoms with Gasteiger partial charge in [0.1, 0.15) is 6.17 Å². The molecule has 1 aromatic heterocycles. The van der Waals surface area contributed by atoms with Gasteiger partial charge in [0.15, 0.2) is 0 Å². The maximum Gasteiger partial charge on any atom is 0.319 e. The van der Waals surface area contributed by atoms with Gasteiger partial charge in [-0.3, -0.25) is 4.98 Å². The maximum absolute atomic E-state index is 13.3. The summed E-state index contributed by atoms with van der Waals surface area (Å²) in [6.45, 7) is 0.331. The van der Waals surface area contributed by atoms with Crippen LogP contribution in [-0.4, -0.2) is 43.0 Å². The minimum absolute atomic E-state index is 0.142. The van der Waals surface area contributed by atoms with Crippen molar-refractivity contribution in [3.05, 3.63) is 54.4 Å². The molecule has 7 nitrogen and oxygen atoms in total. The lowest BCUT2D eigenvalue weighted by molar-refractivity contribution is 0.190. The molecule has 1 aromatic carbocycles. The van der Waals surface area contributed by atoms with Crippen LogP contribution in [0, 0.1) is 0 Å². The molecule has 2 amide bonds. The van der Waals surface area contributed by atoms with Crippen molar-refractivity contribution in [1.29, 1.82) is 0 Å². The summed E-state index contributed by atoms with van der Waals surface area (Å²) in [5, 5.41) is 5.38. The highest BCUT2D eigenvalue weighted by Gasteiger charge is 2.31. The fourth-order valence-electron chi connectivity index (χ4n) is 3.33. The molecule has 9 heteroatoms. The van der Waals surface area contributed by atoms with Gasteiger partial charge in [-0.1, -0.05) is 6.07 Å². The van der Waals surface area contributed by atoms with E-state index < -0.39 is 22.2 Å². The van der Waals surface area contributed by atoms with Crippen molar-refractivity contribution in [2.75, 3.05) is 12.4 Å². The third-order valence-corrected chi connectivity index (χ3v) is 7.03. The van der Waals surface area contributed by atoms with Crippen molar-refractivity contribution in [3.63, 3.8) is 0 Å². The Kier molecular flexibility index (Phi) is 6.81. The molecule has 0 radical (unpaired) electrons. The van der Waals surface area contributed by atoms with Crippen LogP contribution in [0.4, 0.5) is 14.9 Å². The first-order valence-electron chi connectivity index (χ1n) is 9.52. The Morgan fingerprint density at radius 2 is 1.86 bits per heavy atom. The van der Waals surface area contributed by atoms with E-state index in [1.807, 2.05) is 6.07 Å². The number of amides is 2. The van der Waals surface area contributed by atoms with E-state index >= 15 is 0 Å². The van der Waals surface area contributed by atoms with E-state index in [1.165, 1.54) is 23.5 Å². The number of alkyl halides is 1. The van der Waals surface area contributed by atoms with Gasteiger partial charge in [-0.2, -0.15) is 4.31 Å². The van der Waals surface area contributed by atoms with Gasteiger partial charge in [0.05, 0.1) is 4.90 Å². The molecule has 0 bridgehead atoms. The lowest BCUT2D eigenvalue weighted by atomic mass is 9.94. The maximum atomic E-state index is 13.3. The average Bonchev–Trinajstić information content (AvgIpc) is 2.73. The molecule has 1 heterocycles. The van der Waals surface area contributed by atoms with Crippen molar-refractivity contribution in [2.45, 2.75) is 49.3 Å². The van der Waals surface area contributed by atoms with Crippen LogP contribution in [0.3, 0.4) is 0 Å². The molecular weight excluding hydrogens is 395 g/mol. The van der Waals surface area contributed by atoms with E-state index in [0.29, 0.717) is 37.9 Å². The standard InChI is InChI=1S/C20H25FN4O3S/c1-25(18-8-4-16(21)5-9-18)29(27,28)19-10-6-17(7-11-19)24-20(26)23-14-15-3-2-12-22-13-15/h2-3,6-7,10-13,16,18H,4-5,8-9,14H2,1H3,(H2,23,24,26). The summed E-state index contributed by atoms with van der Waals surface area (Å²) in [4.78, 5) is 16.1. The topological polar surface area (TPSA) is 91.4 Å². The first kappa shape index (κ1) is 21.2. The fraction of sp³-hybridized carbons (Fsp3) is 0.400. The average molecular weight is 421 g/mol. The van der Waals surface area contributed by atoms with E-state index in [1.54, 1.807) is 30.6 Å². The molecule has 0 unspecified atom stereocenters. The highest BCUT2D eigenvalue weighted by molar-refractivity contribution is 7.89. The second kappa shape index (κ2) is 9.32. The summed E-state index contributed by atoms with van der Waals surface area (Å²) in [7, 11) is -2.13. The molecule has 29 heavy (non-hydrogen) atoms. The van der Waals surface area contributed by atoms with Crippen LogP contribution in [0.15, 0.2) is 53.7 Å². The summed E-state index contributed by atoms with van der Waals surface area (Å²) in [6, 6.07) is 9.06. The Bertz CT molecular complexity index is 915. The predicted molar refractivity (Wildman–Crippen MR) is 109 cm³/mol. The number of rotatable bonds is 6. The van der Waals surface area contributed by atoms with E-state index in [4.69, 9.17) is 0 Å². The van der Waals surface area contributed by atoms with Gasteiger partial charge in [-0.25, -0.2) is 17.6 Å². The zero-order chi connectivity index (χ0) is 20.9. The van der Waals surface area contributed by atoms with Crippen molar-refractivity contribution in [1.82, 2.24) is 14.6 Å². The number of urea groups is 1. The molecular formula is C20H25FN4O3S. The van der Waals surface area contributed by atoms with Crippen LogP contribution in [0.1, 0.15) is 31.2 Å². The number of sulfonamides is 1. The summed E-state index contributed by atoms with van der Waals surface area (Å²) in [6.07, 6.45) is 4.31. The van der Waals surface area contributed by atoms with E-state index in [0.717, 1.165) is 5.56 Å². The molecule has 1 fully saturated rings. The number of benzene rings is 1. The molecule has 2 aromatic rings. The SMILES string of the molecule is CN(C1CCC(F)CC1)S(=O)(=O)c1ccc(NC(=O)NCc2cccnc2)cc1. The largest absolute Gasteiger partial charge is 0.334 e. The molecule has 1 aliphatic carbocycles. The normalized spacial score (nSPS) is 19.7. The number of anilines is 1. The van der Waals surface area contributed by atoms with Gasteiger partial charge in [0.25, 0.3) is 0 Å². The minimum Gasteiger partial charge on any atom is -0.334 e. The second-order valence-electron chi connectivity index (χ2n) is 7.12. The van der Waals surface area contributed by atoms with Crippen LogP contribution < -0.4 is 10.6 Å². The fourth-order valence-corrected chi connectivity index (χ4v) is 4.75. The summed E-state index contributed by atoms with van der Waals surface area (Å²) in [5.74, 6) is 0. The Balaban J connectivity index is 1.58. The lowest BCUT2D eigenvalue weighted by Crippen LogP contribution is -2.39. The quantitative estimate of drug-likeness (QED) is 0.750. The molecule has 1 saturated carbocycles.